The molecule has 1 N–H and O–H groups in total. The molecule has 1 aliphatic carbocycles. The maximum atomic E-state index is 12.3. The molecule has 0 spiro atoms. The zero-order valence-corrected chi connectivity index (χ0v) is 12.1. The Morgan fingerprint density at radius 2 is 2.10 bits per heavy atom. The Labute approximate surface area is 119 Å². The van der Waals surface area contributed by atoms with Crippen molar-refractivity contribution < 1.29 is 14.7 Å². The number of carboxylic acid groups (broad SMARTS) is 1. The number of carbonyl (C=O) groups excluding carboxylic acids is 1. The lowest BCUT2D eigenvalue weighted by Crippen LogP contribution is -2.44. The Morgan fingerprint density at radius 1 is 1.40 bits per heavy atom. The predicted octanol–water partition coefficient (Wildman–Crippen LogP) is 2.22. The number of amides is 1. The van der Waals surface area contributed by atoms with Gasteiger partial charge in [-0.15, -0.1) is 0 Å². The number of hydrogen-bond acceptors (Lipinski definition) is 2. The molecule has 2 unspecified atom stereocenters. The summed E-state index contributed by atoms with van der Waals surface area (Å²) in [5, 5.41) is 9.05. The summed E-state index contributed by atoms with van der Waals surface area (Å²) in [7, 11) is 1.83. The van der Waals surface area contributed by atoms with Crippen LogP contribution in [0.25, 0.3) is 0 Å². The van der Waals surface area contributed by atoms with Gasteiger partial charge in [-0.1, -0.05) is 19.8 Å². The van der Waals surface area contributed by atoms with Gasteiger partial charge in [0, 0.05) is 19.3 Å². The number of nitrogens with zero attached hydrogens (tertiary/aromatic N) is 2. The highest BCUT2D eigenvalue weighted by atomic mass is 16.4. The SMILES string of the molecule is CC1CCCCC1N(C)C(=O)Cn1cccc1C(=O)O. The Hall–Kier alpha value is -1.78. The summed E-state index contributed by atoms with van der Waals surface area (Å²) in [6.07, 6.45) is 6.24. The minimum absolute atomic E-state index is 0.0255. The largest absolute Gasteiger partial charge is 0.477 e. The van der Waals surface area contributed by atoms with Gasteiger partial charge in [0.05, 0.1) is 0 Å². The van der Waals surface area contributed by atoms with Gasteiger partial charge in [-0.25, -0.2) is 4.79 Å². The van der Waals surface area contributed by atoms with Crippen LogP contribution in [0.4, 0.5) is 0 Å². The molecule has 0 saturated heterocycles. The average Bonchev–Trinajstić information content (AvgIpc) is 2.86. The van der Waals surface area contributed by atoms with Crippen LogP contribution in [-0.2, 0) is 11.3 Å². The molecular weight excluding hydrogens is 256 g/mol. The zero-order valence-electron chi connectivity index (χ0n) is 12.1. The molecule has 0 bridgehead atoms. The lowest BCUT2D eigenvalue weighted by Gasteiger charge is -2.36. The molecule has 1 heterocycles. The van der Waals surface area contributed by atoms with E-state index in [0.29, 0.717) is 5.92 Å². The molecule has 1 amide bonds. The third-order valence-electron chi connectivity index (χ3n) is 4.31. The van der Waals surface area contributed by atoms with Crippen LogP contribution >= 0.6 is 0 Å². The molecule has 5 nitrogen and oxygen atoms in total. The minimum atomic E-state index is -1.00. The summed E-state index contributed by atoms with van der Waals surface area (Å²) in [5.41, 5.74) is 0.156. The van der Waals surface area contributed by atoms with Gasteiger partial charge in [-0.05, 0) is 30.9 Å². The molecule has 5 heteroatoms. The van der Waals surface area contributed by atoms with E-state index in [2.05, 4.69) is 6.92 Å². The van der Waals surface area contributed by atoms with Crippen molar-refractivity contribution in [3.05, 3.63) is 24.0 Å². The lowest BCUT2D eigenvalue weighted by molar-refractivity contribution is -0.134. The van der Waals surface area contributed by atoms with Gasteiger partial charge in [-0.3, -0.25) is 4.79 Å². The van der Waals surface area contributed by atoms with Crippen molar-refractivity contribution in [2.45, 2.75) is 45.2 Å². The molecule has 1 aromatic rings. The number of hydrogen-bond donors (Lipinski definition) is 1. The molecule has 2 atom stereocenters. The van der Waals surface area contributed by atoms with Crippen LogP contribution in [0, 0.1) is 5.92 Å². The second-order valence-corrected chi connectivity index (χ2v) is 5.66. The maximum absolute atomic E-state index is 12.3. The standard InChI is InChI=1S/C15H22N2O3/c1-11-6-3-4-7-12(11)16(2)14(18)10-17-9-5-8-13(17)15(19)20/h5,8-9,11-12H,3-4,6-7,10H2,1-2H3,(H,19,20). The summed E-state index contributed by atoms with van der Waals surface area (Å²) in [6, 6.07) is 3.44. The second-order valence-electron chi connectivity index (χ2n) is 5.66. The number of likely N-dealkylation sites (N-methyl/N-ethyl adjacent to an activating group) is 1. The second kappa shape index (κ2) is 6.11. The quantitative estimate of drug-likeness (QED) is 0.918. The summed E-state index contributed by atoms with van der Waals surface area (Å²) >= 11 is 0. The number of rotatable bonds is 4. The molecule has 1 aromatic heterocycles. The fourth-order valence-corrected chi connectivity index (χ4v) is 3.06. The first-order valence-corrected chi connectivity index (χ1v) is 7.14. The van der Waals surface area contributed by atoms with Crippen molar-refractivity contribution in [2.75, 3.05) is 7.05 Å². The van der Waals surface area contributed by atoms with Crippen molar-refractivity contribution in [1.29, 1.82) is 0 Å². The summed E-state index contributed by atoms with van der Waals surface area (Å²) in [6.45, 7) is 2.28. The van der Waals surface area contributed by atoms with Crippen LogP contribution in [-0.4, -0.2) is 39.5 Å². The third-order valence-corrected chi connectivity index (χ3v) is 4.31. The van der Waals surface area contributed by atoms with E-state index in [0.717, 1.165) is 19.3 Å². The normalized spacial score (nSPS) is 22.5. The Morgan fingerprint density at radius 3 is 2.75 bits per heavy atom. The molecule has 1 saturated carbocycles. The van der Waals surface area contributed by atoms with Crippen LogP contribution in [0.15, 0.2) is 18.3 Å². The highest BCUT2D eigenvalue weighted by Crippen LogP contribution is 2.27. The summed E-state index contributed by atoms with van der Waals surface area (Å²) < 4.78 is 1.49. The van der Waals surface area contributed by atoms with E-state index >= 15 is 0 Å². The van der Waals surface area contributed by atoms with Crippen molar-refractivity contribution in [1.82, 2.24) is 9.47 Å². The highest BCUT2D eigenvalue weighted by Gasteiger charge is 2.28. The highest BCUT2D eigenvalue weighted by molar-refractivity contribution is 5.86. The molecule has 0 aliphatic heterocycles. The molecule has 20 heavy (non-hydrogen) atoms. The molecular formula is C15H22N2O3. The molecule has 0 aromatic carbocycles. The van der Waals surface area contributed by atoms with Crippen LogP contribution in [0.3, 0.4) is 0 Å². The van der Waals surface area contributed by atoms with Crippen molar-refractivity contribution in [3.63, 3.8) is 0 Å². The van der Waals surface area contributed by atoms with Crippen molar-refractivity contribution >= 4 is 11.9 Å². The van der Waals surface area contributed by atoms with E-state index in [1.165, 1.54) is 17.1 Å². The predicted molar refractivity (Wildman–Crippen MR) is 75.6 cm³/mol. The summed E-state index contributed by atoms with van der Waals surface area (Å²) in [4.78, 5) is 25.2. The fraction of sp³-hybridized carbons (Fsp3) is 0.600. The first kappa shape index (κ1) is 14.6. The van der Waals surface area contributed by atoms with Gasteiger partial charge < -0.3 is 14.6 Å². The number of aromatic carboxylic acids is 1. The Balaban J connectivity index is 2.03. The molecule has 110 valence electrons. The van der Waals surface area contributed by atoms with Crippen LogP contribution in [0.2, 0.25) is 0 Å². The van der Waals surface area contributed by atoms with Crippen molar-refractivity contribution in [2.24, 2.45) is 5.92 Å². The number of carboxylic acids is 1. The zero-order chi connectivity index (χ0) is 14.7. The van der Waals surface area contributed by atoms with E-state index in [4.69, 9.17) is 5.11 Å². The van der Waals surface area contributed by atoms with E-state index in [1.807, 2.05) is 7.05 Å². The van der Waals surface area contributed by atoms with E-state index < -0.39 is 5.97 Å². The minimum Gasteiger partial charge on any atom is -0.477 e. The third kappa shape index (κ3) is 3.03. The van der Waals surface area contributed by atoms with Gasteiger partial charge in [-0.2, -0.15) is 0 Å². The van der Waals surface area contributed by atoms with Crippen LogP contribution < -0.4 is 0 Å². The van der Waals surface area contributed by atoms with Crippen molar-refractivity contribution in [3.8, 4) is 0 Å². The van der Waals surface area contributed by atoms with Gasteiger partial charge in [0.25, 0.3) is 0 Å². The summed E-state index contributed by atoms with van der Waals surface area (Å²) in [5.74, 6) is -0.514. The lowest BCUT2D eigenvalue weighted by atomic mass is 9.85. The van der Waals surface area contributed by atoms with Gasteiger partial charge in [0.1, 0.15) is 12.2 Å². The number of aromatic nitrogens is 1. The van der Waals surface area contributed by atoms with Crippen LogP contribution in [0.1, 0.15) is 43.1 Å². The maximum Gasteiger partial charge on any atom is 0.352 e. The van der Waals surface area contributed by atoms with Gasteiger partial charge >= 0.3 is 5.97 Å². The number of carbonyl (C=O) groups is 2. The smallest absolute Gasteiger partial charge is 0.352 e. The Bertz CT molecular complexity index is 495. The molecule has 1 fully saturated rings. The monoisotopic (exact) mass is 278 g/mol. The van der Waals surface area contributed by atoms with Gasteiger partial charge in [0.15, 0.2) is 0 Å². The molecule has 0 radical (unpaired) electrons. The van der Waals surface area contributed by atoms with E-state index in [9.17, 15) is 9.59 Å². The molecule has 2 rings (SSSR count). The topological polar surface area (TPSA) is 62.5 Å². The average molecular weight is 278 g/mol. The first-order valence-electron chi connectivity index (χ1n) is 7.14. The first-order chi connectivity index (χ1) is 9.50. The fourth-order valence-electron chi connectivity index (χ4n) is 3.06. The van der Waals surface area contributed by atoms with E-state index in [-0.39, 0.29) is 24.2 Å². The van der Waals surface area contributed by atoms with Crippen LogP contribution in [0.5, 0.6) is 0 Å². The Kier molecular flexibility index (Phi) is 4.47. The van der Waals surface area contributed by atoms with E-state index in [1.54, 1.807) is 17.2 Å². The van der Waals surface area contributed by atoms with Gasteiger partial charge in [0.2, 0.25) is 5.91 Å². The molecule has 1 aliphatic rings.